The second-order valence-corrected chi connectivity index (χ2v) is 13.9. The lowest BCUT2D eigenvalue weighted by molar-refractivity contribution is 0.0303. The average molecular weight is 561 g/mol. The summed E-state index contributed by atoms with van der Waals surface area (Å²) in [5.74, 6) is 0.183. The van der Waals surface area contributed by atoms with Crippen molar-refractivity contribution in [1.29, 1.82) is 0 Å². The lowest BCUT2D eigenvalue weighted by Gasteiger charge is -2.34. The zero-order chi connectivity index (χ0) is 27.0. The summed E-state index contributed by atoms with van der Waals surface area (Å²) >= 11 is 1.45. The number of carbonyl (C=O) groups is 2. The van der Waals surface area contributed by atoms with E-state index in [2.05, 4.69) is 24.1 Å². The lowest BCUT2D eigenvalue weighted by atomic mass is 9.94. The summed E-state index contributed by atoms with van der Waals surface area (Å²) in [7, 11) is -1.58. The molecule has 2 unspecified atom stereocenters. The fourth-order valence-corrected chi connectivity index (χ4v) is 8.67. The Morgan fingerprint density at radius 2 is 1.68 bits per heavy atom. The SMILES string of the molecule is CC1CC(C)CN(S(=O)(=O)c2ccc(C(=O)Nc3sc4c(c3C(=O)N3CCOCC3)CCN(C)C4)cc2)C1. The van der Waals surface area contributed by atoms with E-state index in [1.165, 1.54) is 23.5 Å². The quantitative estimate of drug-likeness (QED) is 0.603. The summed E-state index contributed by atoms with van der Waals surface area (Å²) < 4.78 is 33.4. The molecule has 3 aliphatic rings. The molecule has 1 aromatic heterocycles. The van der Waals surface area contributed by atoms with Gasteiger partial charge in [-0.2, -0.15) is 4.31 Å². The lowest BCUT2D eigenvalue weighted by Crippen LogP contribution is -2.42. The highest BCUT2D eigenvalue weighted by Gasteiger charge is 2.33. The molecule has 0 spiro atoms. The number of thiophene rings is 1. The van der Waals surface area contributed by atoms with Crippen LogP contribution >= 0.6 is 11.3 Å². The van der Waals surface area contributed by atoms with E-state index in [0.29, 0.717) is 67.4 Å². The smallest absolute Gasteiger partial charge is 0.257 e. The Bertz CT molecular complexity index is 1290. The molecular weight excluding hydrogens is 524 g/mol. The number of amides is 2. The van der Waals surface area contributed by atoms with Gasteiger partial charge in [0.15, 0.2) is 0 Å². The van der Waals surface area contributed by atoms with Gasteiger partial charge in [-0.05, 0) is 61.6 Å². The number of fused-ring (bicyclic) bond motifs is 1. The maximum absolute atomic E-state index is 13.5. The second-order valence-electron chi connectivity index (χ2n) is 10.8. The molecule has 2 atom stereocenters. The Morgan fingerprint density at radius 1 is 1.03 bits per heavy atom. The van der Waals surface area contributed by atoms with Gasteiger partial charge < -0.3 is 19.9 Å². The summed E-state index contributed by atoms with van der Waals surface area (Å²) in [5.41, 5.74) is 1.95. The molecule has 0 saturated carbocycles. The monoisotopic (exact) mass is 560 g/mol. The van der Waals surface area contributed by atoms with Gasteiger partial charge in [-0.1, -0.05) is 13.8 Å². The molecule has 9 nitrogen and oxygen atoms in total. The Hall–Kier alpha value is -2.31. The molecule has 1 aromatic carbocycles. The van der Waals surface area contributed by atoms with Gasteiger partial charge in [0.25, 0.3) is 11.8 Å². The predicted octanol–water partition coefficient (Wildman–Crippen LogP) is 3.13. The summed E-state index contributed by atoms with van der Waals surface area (Å²) in [6.07, 6.45) is 1.77. The number of carbonyl (C=O) groups excluding carboxylic acids is 2. The van der Waals surface area contributed by atoms with E-state index in [-0.39, 0.29) is 16.7 Å². The van der Waals surface area contributed by atoms with E-state index in [9.17, 15) is 18.0 Å². The van der Waals surface area contributed by atoms with Crippen LogP contribution in [0.2, 0.25) is 0 Å². The van der Waals surface area contributed by atoms with Crippen LogP contribution in [0.3, 0.4) is 0 Å². The number of anilines is 1. The number of nitrogens with zero attached hydrogens (tertiary/aromatic N) is 3. The number of ether oxygens (including phenoxy) is 1. The van der Waals surface area contributed by atoms with E-state index in [1.807, 2.05) is 7.05 Å². The molecule has 2 fully saturated rings. The molecule has 5 rings (SSSR count). The molecule has 11 heteroatoms. The van der Waals surface area contributed by atoms with Gasteiger partial charge in [-0.25, -0.2) is 8.42 Å². The Morgan fingerprint density at radius 3 is 2.34 bits per heavy atom. The first-order valence-corrected chi connectivity index (χ1v) is 15.5. The first-order chi connectivity index (χ1) is 18.1. The Balaban J connectivity index is 1.37. The standard InChI is InChI=1S/C27H36N4O5S2/c1-18-14-19(2)16-31(15-18)38(34,35)21-6-4-20(5-7-21)25(32)28-26-24(27(33)30-10-12-36-13-11-30)22-8-9-29(3)17-23(22)37-26/h4-7,18-19H,8-17H2,1-3H3,(H,28,32). The second kappa shape index (κ2) is 11.1. The number of rotatable bonds is 5. The van der Waals surface area contributed by atoms with Crippen molar-refractivity contribution >= 4 is 38.2 Å². The molecule has 4 heterocycles. The largest absolute Gasteiger partial charge is 0.378 e. The van der Waals surface area contributed by atoms with Crippen molar-refractivity contribution < 1.29 is 22.7 Å². The van der Waals surface area contributed by atoms with Crippen LogP contribution in [-0.2, 0) is 27.7 Å². The molecule has 0 radical (unpaired) electrons. The first kappa shape index (κ1) is 27.3. The van der Waals surface area contributed by atoms with Crippen LogP contribution in [0.1, 0.15) is 51.4 Å². The summed E-state index contributed by atoms with van der Waals surface area (Å²) in [6, 6.07) is 6.10. The van der Waals surface area contributed by atoms with Crippen LogP contribution < -0.4 is 5.32 Å². The predicted molar refractivity (Wildman–Crippen MR) is 147 cm³/mol. The number of benzene rings is 1. The third-order valence-electron chi connectivity index (χ3n) is 7.58. The van der Waals surface area contributed by atoms with E-state index in [0.717, 1.165) is 36.4 Å². The number of piperidine rings is 1. The van der Waals surface area contributed by atoms with E-state index in [4.69, 9.17) is 4.74 Å². The van der Waals surface area contributed by atoms with Crippen LogP contribution in [0, 0.1) is 11.8 Å². The number of nitrogens with one attached hydrogen (secondary N) is 1. The molecule has 3 aliphatic heterocycles. The number of hydrogen-bond donors (Lipinski definition) is 1. The zero-order valence-corrected chi connectivity index (χ0v) is 23.9. The van der Waals surface area contributed by atoms with Crippen molar-refractivity contribution in [1.82, 2.24) is 14.1 Å². The molecule has 2 saturated heterocycles. The van der Waals surface area contributed by atoms with Gasteiger partial charge in [0.2, 0.25) is 10.0 Å². The van der Waals surface area contributed by atoms with Crippen LogP contribution in [0.25, 0.3) is 0 Å². The Kier molecular flexibility index (Phi) is 7.93. The van der Waals surface area contributed by atoms with Crippen molar-refractivity contribution in [2.75, 3.05) is 58.3 Å². The molecule has 206 valence electrons. The van der Waals surface area contributed by atoms with Crippen molar-refractivity contribution in [2.24, 2.45) is 11.8 Å². The number of likely N-dealkylation sites (N-methyl/N-ethyl adjacent to an activating group) is 1. The number of morpholine rings is 1. The van der Waals surface area contributed by atoms with Crippen LogP contribution in [0.4, 0.5) is 5.00 Å². The van der Waals surface area contributed by atoms with Gasteiger partial charge in [0.05, 0.1) is 23.7 Å². The van der Waals surface area contributed by atoms with Gasteiger partial charge >= 0.3 is 0 Å². The van der Waals surface area contributed by atoms with E-state index in [1.54, 1.807) is 21.3 Å². The van der Waals surface area contributed by atoms with Gasteiger partial charge in [-0.3, -0.25) is 9.59 Å². The third kappa shape index (κ3) is 5.53. The van der Waals surface area contributed by atoms with Crippen LogP contribution in [0.5, 0.6) is 0 Å². The minimum Gasteiger partial charge on any atom is -0.378 e. The molecule has 2 amide bonds. The van der Waals surface area contributed by atoms with Gasteiger partial charge in [0.1, 0.15) is 5.00 Å². The van der Waals surface area contributed by atoms with Crippen molar-refractivity contribution in [3.8, 4) is 0 Å². The first-order valence-electron chi connectivity index (χ1n) is 13.2. The zero-order valence-electron chi connectivity index (χ0n) is 22.2. The van der Waals surface area contributed by atoms with Crippen LogP contribution in [0.15, 0.2) is 29.2 Å². The fourth-order valence-electron chi connectivity index (χ4n) is 5.67. The molecule has 0 bridgehead atoms. The van der Waals surface area contributed by atoms with Crippen molar-refractivity contribution in [3.63, 3.8) is 0 Å². The molecule has 0 aliphatic carbocycles. The van der Waals surface area contributed by atoms with Crippen molar-refractivity contribution in [2.45, 2.75) is 38.1 Å². The summed E-state index contributed by atoms with van der Waals surface area (Å²) in [6.45, 7) is 8.82. The molecule has 1 N–H and O–H groups in total. The maximum Gasteiger partial charge on any atom is 0.257 e. The Labute approximate surface area is 228 Å². The maximum atomic E-state index is 13.5. The number of hydrogen-bond acceptors (Lipinski definition) is 7. The summed E-state index contributed by atoms with van der Waals surface area (Å²) in [4.78, 5) is 32.1. The molecular formula is C27H36N4O5S2. The average Bonchev–Trinajstić information content (AvgIpc) is 3.24. The van der Waals surface area contributed by atoms with E-state index < -0.39 is 10.0 Å². The fraction of sp³-hybridized carbons (Fsp3) is 0.556. The van der Waals surface area contributed by atoms with Crippen molar-refractivity contribution in [3.05, 3.63) is 45.8 Å². The minimum absolute atomic E-state index is 0.0721. The normalized spacial score (nSPS) is 23.2. The van der Waals surface area contributed by atoms with Gasteiger partial charge in [-0.15, -0.1) is 11.3 Å². The topological polar surface area (TPSA) is 99.3 Å². The highest BCUT2D eigenvalue weighted by molar-refractivity contribution is 7.89. The summed E-state index contributed by atoms with van der Waals surface area (Å²) in [5, 5.41) is 3.53. The molecule has 38 heavy (non-hydrogen) atoms. The highest BCUT2D eigenvalue weighted by atomic mass is 32.2. The third-order valence-corrected chi connectivity index (χ3v) is 10.6. The number of sulfonamides is 1. The highest BCUT2D eigenvalue weighted by Crippen LogP contribution is 2.38. The van der Waals surface area contributed by atoms with Gasteiger partial charge in [0, 0.05) is 49.7 Å². The molecule has 2 aromatic rings. The van der Waals surface area contributed by atoms with E-state index >= 15 is 0 Å². The van der Waals surface area contributed by atoms with Crippen LogP contribution in [-0.4, -0.2) is 87.3 Å². The minimum atomic E-state index is -3.63.